The number of benzene rings is 1. The Kier molecular flexibility index (Phi) is 8.91. The summed E-state index contributed by atoms with van der Waals surface area (Å²) in [6.45, 7) is 6.06. The van der Waals surface area contributed by atoms with E-state index in [1.165, 1.54) is 48.6 Å². The van der Waals surface area contributed by atoms with E-state index in [9.17, 15) is 18.0 Å². The van der Waals surface area contributed by atoms with Crippen molar-refractivity contribution in [3.05, 3.63) is 63.9 Å². The highest BCUT2D eigenvalue weighted by Crippen LogP contribution is 2.35. The molecule has 204 valence electrons. The van der Waals surface area contributed by atoms with E-state index in [1.54, 1.807) is 0 Å². The maximum absolute atomic E-state index is 13.3. The summed E-state index contributed by atoms with van der Waals surface area (Å²) in [6.07, 6.45) is 9.52. The molecule has 1 saturated heterocycles. The van der Waals surface area contributed by atoms with Crippen LogP contribution in [0.5, 0.6) is 0 Å². The van der Waals surface area contributed by atoms with Crippen molar-refractivity contribution in [3.63, 3.8) is 0 Å². The van der Waals surface area contributed by atoms with E-state index in [-0.39, 0.29) is 23.7 Å². The van der Waals surface area contributed by atoms with E-state index >= 15 is 0 Å². The number of halogens is 3. The molecule has 4 rings (SSSR count). The molecule has 1 unspecified atom stereocenters. The number of urea groups is 1. The first-order chi connectivity index (χ1) is 18.2. The first-order valence-electron chi connectivity index (χ1n) is 13.7. The van der Waals surface area contributed by atoms with Crippen molar-refractivity contribution in [2.75, 3.05) is 11.9 Å². The summed E-state index contributed by atoms with van der Waals surface area (Å²) in [6, 6.07) is 3.18. The predicted molar refractivity (Wildman–Crippen MR) is 146 cm³/mol. The van der Waals surface area contributed by atoms with Gasteiger partial charge in [0.25, 0.3) is 0 Å². The molecule has 0 radical (unpaired) electrons. The van der Waals surface area contributed by atoms with Crippen LogP contribution in [0.4, 0.5) is 23.7 Å². The third kappa shape index (κ3) is 6.64. The standard InChI is InChI=1S/C31H38F3N3O/c1-4-9-25(16-15-23-11-6-5-10-21(23)2)35-29(24-12-7-13-24)28-14-8-19-37(28)30(38)36-26-17-18-27(22(3)20-26)31(32,33)34/h15-18,20,25,28,35H,5-8,10-14,19H2,1-3H3,(H,36,38)/b16-15-/t25?,28-/m1/s1. The van der Waals surface area contributed by atoms with Crippen LogP contribution in [-0.2, 0) is 6.18 Å². The van der Waals surface area contributed by atoms with E-state index in [2.05, 4.69) is 41.6 Å². The SMILES string of the molecule is CC#CC(/C=C\C1=C(C)CCCC1)NC(=C1CCC1)[C@H]1CCCN1C(=O)Nc1ccc(C(F)(F)F)c(C)c1. The molecule has 7 heteroatoms. The van der Waals surface area contributed by atoms with Crippen molar-refractivity contribution in [1.82, 2.24) is 10.2 Å². The monoisotopic (exact) mass is 525 g/mol. The van der Waals surface area contributed by atoms with Crippen LogP contribution in [0, 0.1) is 18.8 Å². The normalized spacial score (nSPS) is 20.6. The number of nitrogens with one attached hydrogen (secondary N) is 2. The lowest BCUT2D eigenvalue weighted by Crippen LogP contribution is -2.45. The van der Waals surface area contributed by atoms with Crippen LogP contribution >= 0.6 is 0 Å². The molecule has 2 aliphatic carbocycles. The first kappa shape index (κ1) is 27.9. The second-order valence-electron chi connectivity index (χ2n) is 10.6. The number of anilines is 1. The minimum absolute atomic E-state index is 0.0864. The highest BCUT2D eigenvalue weighted by atomic mass is 19.4. The van der Waals surface area contributed by atoms with Gasteiger partial charge in [-0.25, -0.2) is 4.79 Å². The Labute approximate surface area is 224 Å². The van der Waals surface area contributed by atoms with E-state index in [4.69, 9.17) is 0 Å². The summed E-state index contributed by atoms with van der Waals surface area (Å²) in [7, 11) is 0. The summed E-state index contributed by atoms with van der Waals surface area (Å²) >= 11 is 0. The molecule has 1 saturated carbocycles. The Morgan fingerprint density at radius 2 is 1.87 bits per heavy atom. The Hall–Kier alpha value is -3.14. The fourth-order valence-electron chi connectivity index (χ4n) is 5.59. The highest BCUT2D eigenvalue weighted by molar-refractivity contribution is 5.90. The smallest absolute Gasteiger partial charge is 0.370 e. The fraction of sp³-hybridized carbons (Fsp3) is 0.516. The Morgan fingerprint density at radius 1 is 1.11 bits per heavy atom. The Balaban J connectivity index is 1.51. The number of carbonyl (C=O) groups excluding carboxylic acids is 1. The number of hydrogen-bond donors (Lipinski definition) is 2. The first-order valence-corrected chi connectivity index (χ1v) is 13.7. The molecule has 3 aliphatic rings. The summed E-state index contributed by atoms with van der Waals surface area (Å²) < 4.78 is 39.5. The zero-order chi connectivity index (χ0) is 27.3. The molecule has 2 N–H and O–H groups in total. The van der Waals surface area contributed by atoms with Gasteiger partial charge in [0, 0.05) is 17.9 Å². The van der Waals surface area contributed by atoms with Gasteiger partial charge >= 0.3 is 12.2 Å². The number of nitrogens with zero attached hydrogens (tertiary/aromatic N) is 1. The highest BCUT2D eigenvalue weighted by Gasteiger charge is 2.35. The lowest BCUT2D eigenvalue weighted by molar-refractivity contribution is -0.138. The average molecular weight is 526 g/mol. The van der Waals surface area contributed by atoms with Crippen LogP contribution in [-0.4, -0.2) is 29.6 Å². The predicted octanol–water partition coefficient (Wildman–Crippen LogP) is 7.88. The molecule has 1 heterocycles. The van der Waals surface area contributed by atoms with Crippen LogP contribution in [0.2, 0.25) is 0 Å². The zero-order valence-corrected chi connectivity index (χ0v) is 22.6. The van der Waals surface area contributed by atoms with Gasteiger partial charge in [-0.1, -0.05) is 17.6 Å². The third-order valence-corrected chi connectivity index (χ3v) is 7.86. The van der Waals surface area contributed by atoms with Crippen molar-refractivity contribution in [2.45, 2.75) is 96.8 Å². The second-order valence-corrected chi connectivity index (χ2v) is 10.6. The quantitative estimate of drug-likeness (QED) is 0.371. The number of rotatable bonds is 6. The Bertz CT molecular complexity index is 1190. The molecule has 0 spiro atoms. The van der Waals surface area contributed by atoms with Gasteiger partial charge in [0.2, 0.25) is 0 Å². The van der Waals surface area contributed by atoms with Gasteiger partial charge in [-0.2, -0.15) is 13.2 Å². The lowest BCUT2D eigenvalue weighted by Gasteiger charge is -2.33. The van der Waals surface area contributed by atoms with Crippen LogP contribution in [0.15, 0.2) is 52.8 Å². The topological polar surface area (TPSA) is 44.4 Å². The van der Waals surface area contributed by atoms with Gasteiger partial charge in [0.05, 0.1) is 11.6 Å². The van der Waals surface area contributed by atoms with E-state index < -0.39 is 11.7 Å². The van der Waals surface area contributed by atoms with Crippen molar-refractivity contribution < 1.29 is 18.0 Å². The molecular weight excluding hydrogens is 487 g/mol. The molecule has 0 aromatic heterocycles. The largest absolute Gasteiger partial charge is 0.416 e. The number of likely N-dealkylation sites (tertiary alicyclic amines) is 1. The van der Waals surface area contributed by atoms with Crippen LogP contribution in [0.1, 0.15) is 82.8 Å². The van der Waals surface area contributed by atoms with Crippen molar-refractivity contribution in [3.8, 4) is 11.8 Å². The molecule has 0 bridgehead atoms. The molecule has 1 aromatic carbocycles. The van der Waals surface area contributed by atoms with Crippen molar-refractivity contribution >= 4 is 11.7 Å². The molecule has 2 amide bonds. The van der Waals surface area contributed by atoms with Crippen LogP contribution < -0.4 is 10.6 Å². The van der Waals surface area contributed by atoms with Gasteiger partial charge in [0.1, 0.15) is 6.04 Å². The van der Waals surface area contributed by atoms with Gasteiger partial charge in [-0.05, 0) is 120 Å². The maximum Gasteiger partial charge on any atom is 0.416 e. The lowest BCUT2D eigenvalue weighted by atomic mass is 9.87. The molecule has 1 aromatic rings. The van der Waals surface area contributed by atoms with Crippen molar-refractivity contribution in [1.29, 1.82) is 0 Å². The number of aryl methyl sites for hydroxylation is 1. The van der Waals surface area contributed by atoms with Gasteiger partial charge in [-0.15, -0.1) is 5.92 Å². The van der Waals surface area contributed by atoms with Gasteiger partial charge in [-0.3, -0.25) is 0 Å². The average Bonchev–Trinajstić information content (AvgIpc) is 3.31. The van der Waals surface area contributed by atoms with E-state index in [1.807, 2.05) is 11.8 Å². The summed E-state index contributed by atoms with van der Waals surface area (Å²) in [5.74, 6) is 6.34. The summed E-state index contributed by atoms with van der Waals surface area (Å²) in [5.41, 5.74) is 5.03. The molecule has 2 atom stereocenters. The summed E-state index contributed by atoms with van der Waals surface area (Å²) in [4.78, 5) is 15.1. The molecule has 4 nitrogen and oxygen atoms in total. The fourth-order valence-corrected chi connectivity index (χ4v) is 5.59. The number of carbonyl (C=O) groups is 1. The van der Waals surface area contributed by atoms with Crippen LogP contribution in [0.3, 0.4) is 0 Å². The zero-order valence-electron chi connectivity index (χ0n) is 22.6. The molecule has 2 fully saturated rings. The van der Waals surface area contributed by atoms with Crippen LogP contribution in [0.25, 0.3) is 0 Å². The second kappa shape index (κ2) is 12.1. The maximum atomic E-state index is 13.3. The third-order valence-electron chi connectivity index (χ3n) is 7.86. The number of allylic oxidation sites excluding steroid dienone is 4. The minimum atomic E-state index is -4.42. The number of alkyl halides is 3. The van der Waals surface area contributed by atoms with Crippen molar-refractivity contribution in [2.24, 2.45) is 0 Å². The Morgan fingerprint density at radius 3 is 2.50 bits per heavy atom. The summed E-state index contributed by atoms with van der Waals surface area (Å²) in [5, 5.41) is 6.52. The van der Waals surface area contributed by atoms with E-state index in [0.717, 1.165) is 56.7 Å². The molecule has 38 heavy (non-hydrogen) atoms. The number of hydrogen-bond acceptors (Lipinski definition) is 2. The molecule has 1 aliphatic heterocycles. The molecular formula is C31H38F3N3O. The van der Waals surface area contributed by atoms with E-state index in [0.29, 0.717) is 12.2 Å². The minimum Gasteiger partial charge on any atom is -0.370 e. The number of amides is 2. The van der Waals surface area contributed by atoms with Gasteiger partial charge in [0.15, 0.2) is 0 Å². The van der Waals surface area contributed by atoms with Gasteiger partial charge < -0.3 is 15.5 Å².